The second-order valence-corrected chi connectivity index (χ2v) is 6.79. The predicted molar refractivity (Wildman–Crippen MR) is 93.4 cm³/mol. The van der Waals surface area contributed by atoms with Gasteiger partial charge in [-0.1, -0.05) is 5.16 Å². The zero-order valence-corrected chi connectivity index (χ0v) is 14.7. The van der Waals surface area contributed by atoms with E-state index < -0.39 is 5.54 Å². The summed E-state index contributed by atoms with van der Waals surface area (Å²) in [4.78, 5) is 23.0. The third kappa shape index (κ3) is 3.39. The lowest BCUT2D eigenvalue weighted by Crippen LogP contribution is -2.44. The molecule has 1 saturated heterocycles. The lowest BCUT2D eigenvalue weighted by molar-refractivity contribution is 0.0695. The molecule has 2 aromatic rings. The van der Waals surface area contributed by atoms with Crippen molar-refractivity contribution in [2.75, 3.05) is 13.1 Å². The zero-order chi connectivity index (χ0) is 16.6. The number of carbonyl (C=O) groups is 1. The van der Waals surface area contributed by atoms with Gasteiger partial charge in [-0.2, -0.15) is 4.98 Å². The Labute approximate surface area is 152 Å². The molecule has 1 amide bonds. The van der Waals surface area contributed by atoms with Crippen molar-refractivity contribution in [3.8, 4) is 0 Å². The molecule has 3 heterocycles. The van der Waals surface area contributed by atoms with Gasteiger partial charge in [0.2, 0.25) is 5.89 Å². The molecule has 4 rings (SSSR count). The third-order valence-electron chi connectivity index (χ3n) is 5.12. The molecule has 0 spiro atoms. The minimum absolute atomic E-state index is 0. The van der Waals surface area contributed by atoms with Crippen LogP contribution in [-0.4, -0.2) is 39.0 Å². The van der Waals surface area contributed by atoms with E-state index in [0.29, 0.717) is 23.8 Å². The van der Waals surface area contributed by atoms with E-state index in [4.69, 9.17) is 10.3 Å². The lowest BCUT2D eigenvalue weighted by Gasteiger charge is -2.34. The smallest absolute Gasteiger partial charge is 0.253 e. The summed E-state index contributed by atoms with van der Waals surface area (Å²) in [7, 11) is 0. The summed E-state index contributed by atoms with van der Waals surface area (Å²) in [6.45, 7) is 1.35. The quantitative estimate of drug-likeness (QED) is 0.897. The molecule has 8 heteroatoms. The largest absolute Gasteiger partial charge is 0.339 e. The van der Waals surface area contributed by atoms with E-state index in [1.807, 2.05) is 4.90 Å². The van der Waals surface area contributed by atoms with Crippen LogP contribution in [0.4, 0.5) is 0 Å². The number of carbonyl (C=O) groups excluding carboxylic acids is 1. The molecule has 1 atom stereocenters. The van der Waals surface area contributed by atoms with E-state index in [0.717, 1.165) is 38.6 Å². The van der Waals surface area contributed by atoms with E-state index >= 15 is 0 Å². The van der Waals surface area contributed by atoms with E-state index in [-0.39, 0.29) is 24.2 Å². The van der Waals surface area contributed by atoms with Gasteiger partial charge in [0, 0.05) is 31.0 Å². The van der Waals surface area contributed by atoms with E-state index in [9.17, 15) is 4.79 Å². The van der Waals surface area contributed by atoms with Crippen molar-refractivity contribution in [3.63, 3.8) is 0 Å². The van der Waals surface area contributed by atoms with Crippen LogP contribution in [0.25, 0.3) is 0 Å². The van der Waals surface area contributed by atoms with Crippen molar-refractivity contribution in [2.45, 2.75) is 43.6 Å². The summed E-state index contributed by atoms with van der Waals surface area (Å²) in [5.74, 6) is 1.32. The maximum atomic E-state index is 12.6. The van der Waals surface area contributed by atoms with Crippen molar-refractivity contribution in [2.24, 2.45) is 5.73 Å². The number of halogens is 1. The van der Waals surface area contributed by atoms with Crippen molar-refractivity contribution in [1.82, 2.24) is 20.0 Å². The number of amides is 1. The molecule has 134 valence electrons. The molecule has 2 N–H and O–H groups in total. The molecule has 2 aliphatic rings. The fraction of sp³-hybridized carbons (Fsp3) is 0.529. The van der Waals surface area contributed by atoms with Gasteiger partial charge in [0.25, 0.3) is 5.91 Å². The highest BCUT2D eigenvalue weighted by atomic mass is 35.5. The lowest BCUT2D eigenvalue weighted by atomic mass is 9.77. The van der Waals surface area contributed by atoms with Gasteiger partial charge in [0.15, 0.2) is 5.82 Å². The number of hydrogen-bond acceptors (Lipinski definition) is 6. The average molecular weight is 364 g/mol. The molecule has 2 fully saturated rings. The van der Waals surface area contributed by atoms with Crippen LogP contribution >= 0.6 is 12.4 Å². The molecule has 1 aliphatic heterocycles. The van der Waals surface area contributed by atoms with Crippen LogP contribution in [0.3, 0.4) is 0 Å². The van der Waals surface area contributed by atoms with Crippen LogP contribution in [0.5, 0.6) is 0 Å². The third-order valence-corrected chi connectivity index (χ3v) is 5.12. The number of rotatable bonds is 3. The van der Waals surface area contributed by atoms with Crippen molar-refractivity contribution < 1.29 is 9.32 Å². The molecule has 1 aliphatic carbocycles. The Balaban J connectivity index is 0.00000182. The molecule has 25 heavy (non-hydrogen) atoms. The van der Waals surface area contributed by atoms with Gasteiger partial charge >= 0.3 is 0 Å². The van der Waals surface area contributed by atoms with E-state index in [1.54, 1.807) is 24.5 Å². The summed E-state index contributed by atoms with van der Waals surface area (Å²) in [6, 6.07) is 3.48. The average Bonchev–Trinajstić information content (AvgIpc) is 3.10. The van der Waals surface area contributed by atoms with E-state index in [1.165, 1.54) is 0 Å². The predicted octanol–water partition coefficient (Wildman–Crippen LogP) is 2.24. The Morgan fingerprint density at radius 2 is 2.04 bits per heavy atom. The highest BCUT2D eigenvalue weighted by Gasteiger charge is 2.40. The molecular formula is C17H22ClN5O2. The monoisotopic (exact) mass is 363 g/mol. The Hall–Kier alpha value is -1.99. The van der Waals surface area contributed by atoms with Gasteiger partial charge in [-0.15, -0.1) is 12.4 Å². The van der Waals surface area contributed by atoms with E-state index in [2.05, 4.69) is 15.1 Å². The van der Waals surface area contributed by atoms with Crippen LogP contribution in [0.15, 0.2) is 29.0 Å². The minimum atomic E-state index is -0.414. The Kier molecular flexibility index (Phi) is 5.06. The number of pyridine rings is 1. The normalized spacial score (nSPS) is 22.0. The van der Waals surface area contributed by atoms with Gasteiger partial charge < -0.3 is 15.2 Å². The first-order valence-corrected chi connectivity index (χ1v) is 8.48. The number of hydrogen-bond donors (Lipinski definition) is 1. The Morgan fingerprint density at radius 1 is 1.28 bits per heavy atom. The van der Waals surface area contributed by atoms with Crippen LogP contribution in [0.2, 0.25) is 0 Å². The fourth-order valence-electron chi connectivity index (χ4n) is 3.42. The standard InChI is InChI=1S/C17H21N5O2.ClH/c18-17(6-2-7-17)16-20-14(24-21-16)13-3-1-10-22(11-13)15(23)12-4-8-19-9-5-12;/h4-5,8-9,13H,1-3,6-7,10-11,18H2;1H. The van der Waals surface area contributed by atoms with Crippen LogP contribution in [0, 0.1) is 0 Å². The first-order chi connectivity index (χ1) is 11.7. The van der Waals surface area contributed by atoms with Crippen molar-refractivity contribution >= 4 is 18.3 Å². The first-order valence-electron chi connectivity index (χ1n) is 8.48. The molecule has 0 aromatic carbocycles. The minimum Gasteiger partial charge on any atom is -0.339 e. The number of nitrogens with zero attached hydrogens (tertiary/aromatic N) is 4. The second kappa shape index (κ2) is 7.09. The maximum absolute atomic E-state index is 12.6. The van der Waals surface area contributed by atoms with Gasteiger partial charge in [-0.3, -0.25) is 9.78 Å². The fourth-order valence-corrected chi connectivity index (χ4v) is 3.42. The molecule has 0 radical (unpaired) electrons. The zero-order valence-electron chi connectivity index (χ0n) is 13.9. The summed E-state index contributed by atoms with van der Waals surface area (Å²) < 4.78 is 5.47. The summed E-state index contributed by atoms with van der Waals surface area (Å²) in [5.41, 5.74) is 6.51. The topological polar surface area (TPSA) is 98.1 Å². The molecular weight excluding hydrogens is 342 g/mol. The number of nitrogens with two attached hydrogens (primary N) is 1. The number of piperidine rings is 1. The Bertz CT molecular complexity index is 732. The molecule has 1 unspecified atom stereocenters. The first kappa shape index (κ1) is 17.8. The van der Waals surface area contributed by atoms with Crippen LogP contribution < -0.4 is 5.73 Å². The van der Waals surface area contributed by atoms with Crippen LogP contribution in [-0.2, 0) is 5.54 Å². The molecule has 2 aromatic heterocycles. The number of likely N-dealkylation sites (tertiary alicyclic amines) is 1. The van der Waals surface area contributed by atoms with Crippen molar-refractivity contribution in [1.29, 1.82) is 0 Å². The van der Waals surface area contributed by atoms with Crippen LogP contribution in [0.1, 0.15) is 60.1 Å². The molecule has 0 bridgehead atoms. The summed E-state index contributed by atoms with van der Waals surface area (Å²) in [6.07, 6.45) is 8.06. The second-order valence-electron chi connectivity index (χ2n) is 6.79. The highest BCUT2D eigenvalue weighted by molar-refractivity contribution is 5.94. The van der Waals surface area contributed by atoms with Crippen molar-refractivity contribution in [3.05, 3.63) is 41.8 Å². The Morgan fingerprint density at radius 3 is 2.72 bits per heavy atom. The summed E-state index contributed by atoms with van der Waals surface area (Å²) >= 11 is 0. The van der Waals surface area contributed by atoms with Gasteiger partial charge in [0.1, 0.15) is 0 Å². The highest BCUT2D eigenvalue weighted by Crippen LogP contribution is 2.38. The van der Waals surface area contributed by atoms with Gasteiger partial charge in [-0.25, -0.2) is 0 Å². The summed E-state index contributed by atoms with van der Waals surface area (Å²) in [5, 5.41) is 4.09. The van der Waals surface area contributed by atoms with Gasteiger partial charge in [-0.05, 0) is 44.2 Å². The molecule has 7 nitrogen and oxygen atoms in total. The van der Waals surface area contributed by atoms with Gasteiger partial charge in [0.05, 0.1) is 11.5 Å². The maximum Gasteiger partial charge on any atom is 0.253 e. The number of aromatic nitrogens is 3. The SMILES string of the molecule is Cl.NC1(c2noc(C3CCCN(C(=O)c4ccncc4)C3)n2)CCC1. The molecule has 1 saturated carbocycles.